The highest BCUT2D eigenvalue weighted by molar-refractivity contribution is 9.11. The van der Waals surface area contributed by atoms with Crippen molar-refractivity contribution in [1.82, 2.24) is 0 Å². The van der Waals surface area contributed by atoms with Crippen molar-refractivity contribution in [2.45, 2.75) is 13.8 Å². The number of esters is 2. The average Bonchev–Trinajstić information content (AvgIpc) is 3.18. The molecule has 0 fully saturated rings. The molecule has 3 aromatic carbocycles. The Hall–Kier alpha value is -2.48. The number of hydrogen-bond donors (Lipinski definition) is 4. The van der Waals surface area contributed by atoms with Crippen LogP contribution in [0.1, 0.15) is 13.8 Å². The Labute approximate surface area is 229 Å². The highest BCUT2D eigenvalue weighted by atomic mass is 79.9. The Balaban J connectivity index is 2.31. The van der Waals surface area contributed by atoms with Crippen molar-refractivity contribution < 1.29 is 43.9 Å². The molecule has 0 aliphatic carbocycles. The first-order chi connectivity index (χ1) is 16.3. The molecule has 4 N–H and O–H groups in total. The van der Waals surface area contributed by atoms with E-state index in [-0.39, 0.29) is 68.2 Å². The minimum atomic E-state index is -0.788. The van der Waals surface area contributed by atoms with Crippen LogP contribution in [-0.4, -0.2) is 32.4 Å². The fourth-order valence-corrected chi connectivity index (χ4v) is 5.74. The third-order valence-corrected chi connectivity index (χ3v) is 7.59. The molecule has 0 radical (unpaired) electrons. The SMILES string of the molecule is CC(=O)Oc1c(-c2cc(Br)c(O)c(Br)c2)c(O)c2oc3c(Br)c(O)c(O)c(Br)c3c2c1OC(C)=O. The number of hydrogen-bond acceptors (Lipinski definition) is 9. The highest BCUT2D eigenvalue weighted by Crippen LogP contribution is 2.58. The molecule has 0 saturated carbocycles. The molecule has 0 atom stereocenters. The minimum absolute atomic E-state index is 0.00938. The maximum Gasteiger partial charge on any atom is 0.308 e. The Bertz CT molecular complexity index is 1570. The van der Waals surface area contributed by atoms with Gasteiger partial charge in [0.25, 0.3) is 0 Å². The first kappa shape index (κ1) is 25.6. The van der Waals surface area contributed by atoms with Crippen molar-refractivity contribution in [1.29, 1.82) is 0 Å². The molecule has 0 saturated heterocycles. The van der Waals surface area contributed by atoms with E-state index in [1.807, 2.05) is 0 Å². The van der Waals surface area contributed by atoms with Gasteiger partial charge in [0.2, 0.25) is 0 Å². The van der Waals surface area contributed by atoms with Crippen LogP contribution in [0.2, 0.25) is 0 Å². The maximum atomic E-state index is 12.1. The third kappa shape index (κ3) is 4.13. The lowest BCUT2D eigenvalue weighted by atomic mass is 9.99. The molecule has 1 aromatic heterocycles. The molecule has 0 unspecified atom stereocenters. The lowest BCUT2D eigenvalue weighted by Gasteiger charge is -2.17. The lowest BCUT2D eigenvalue weighted by molar-refractivity contribution is -0.134. The smallest absolute Gasteiger partial charge is 0.308 e. The Kier molecular flexibility index (Phi) is 6.72. The quantitative estimate of drug-likeness (QED) is 0.0994. The van der Waals surface area contributed by atoms with E-state index in [4.69, 9.17) is 13.9 Å². The Morgan fingerprint density at radius 2 is 1.23 bits per heavy atom. The monoisotopic (exact) mass is 736 g/mol. The van der Waals surface area contributed by atoms with Crippen LogP contribution < -0.4 is 9.47 Å². The van der Waals surface area contributed by atoms with Crippen LogP contribution in [0.15, 0.2) is 34.4 Å². The molecular formula is C22H12Br4O9. The zero-order valence-electron chi connectivity index (χ0n) is 17.5. The van der Waals surface area contributed by atoms with Crippen molar-refractivity contribution in [2.75, 3.05) is 0 Å². The lowest BCUT2D eigenvalue weighted by Crippen LogP contribution is -2.09. The predicted molar refractivity (Wildman–Crippen MR) is 139 cm³/mol. The van der Waals surface area contributed by atoms with Crippen LogP contribution in [0.5, 0.6) is 34.5 Å². The zero-order chi connectivity index (χ0) is 25.9. The zero-order valence-corrected chi connectivity index (χ0v) is 23.8. The number of benzene rings is 3. The van der Waals surface area contributed by atoms with Crippen LogP contribution in [0.25, 0.3) is 33.1 Å². The van der Waals surface area contributed by atoms with E-state index in [9.17, 15) is 30.0 Å². The van der Waals surface area contributed by atoms with Crippen LogP contribution in [0.3, 0.4) is 0 Å². The summed E-state index contributed by atoms with van der Waals surface area (Å²) in [5.74, 6) is -3.89. The van der Waals surface area contributed by atoms with E-state index >= 15 is 0 Å². The maximum absolute atomic E-state index is 12.1. The van der Waals surface area contributed by atoms with Crippen molar-refractivity contribution in [2.24, 2.45) is 0 Å². The van der Waals surface area contributed by atoms with E-state index < -0.39 is 29.2 Å². The van der Waals surface area contributed by atoms with Gasteiger partial charge in [0.15, 0.2) is 39.9 Å². The second-order valence-electron chi connectivity index (χ2n) is 7.19. The number of carbonyl (C=O) groups is 2. The number of aromatic hydroxyl groups is 4. The molecule has 0 spiro atoms. The summed E-state index contributed by atoms with van der Waals surface area (Å²) in [5.41, 5.74) is -0.0567. The molecule has 13 heteroatoms. The molecule has 0 amide bonds. The topological polar surface area (TPSA) is 147 Å². The molecular weight excluding hydrogens is 728 g/mol. The van der Waals surface area contributed by atoms with Gasteiger partial charge in [-0.2, -0.15) is 0 Å². The van der Waals surface area contributed by atoms with Crippen molar-refractivity contribution in [3.63, 3.8) is 0 Å². The normalized spacial score (nSPS) is 11.3. The van der Waals surface area contributed by atoms with Gasteiger partial charge in [-0.15, -0.1) is 0 Å². The second-order valence-corrected chi connectivity index (χ2v) is 10.5. The number of carbonyl (C=O) groups excluding carboxylic acids is 2. The highest BCUT2D eigenvalue weighted by Gasteiger charge is 2.33. The van der Waals surface area contributed by atoms with Gasteiger partial charge >= 0.3 is 11.9 Å². The summed E-state index contributed by atoms with van der Waals surface area (Å²) in [4.78, 5) is 24.2. The molecule has 4 rings (SSSR count). The van der Waals surface area contributed by atoms with Gasteiger partial charge in [0.05, 0.1) is 29.8 Å². The van der Waals surface area contributed by atoms with Crippen LogP contribution >= 0.6 is 63.7 Å². The summed E-state index contributed by atoms with van der Waals surface area (Å²) in [7, 11) is 0. The van der Waals surface area contributed by atoms with Crippen LogP contribution in [0.4, 0.5) is 0 Å². The number of halogens is 4. The number of furan rings is 1. The number of fused-ring (bicyclic) bond motifs is 3. The molecule has 0 aliphatic rings. The van der Waals surface area contributed by atoms with Gasteiger partial charge in [-0.05, 0) is 81.4 Å². The van der Waals surface area contributed by atoms with Crippen LogP contribution in [-0.2, 0) is 9.59 Å². The summed E-state index contributed by atoms with van der Waals surface area (Å²) in [6, 6.07) is 2.88. The van der Waals surface area contributed by atoms with E-state index in [2.05, 4.69) is 63.7 Å². The van der Waals surface area contributed by atoms with Crippen molar-refractivity contribution in [3.8, 4) is 45.6 Å². The molecule has 0 aliphatic heterocycles. The van der Waals surface area contributed by atoms with Crippen molar-refractivity contribution >= 4 is 97.6 Å². The van der Waals surface area contributed by atoms with Gasteiger partial charge in [-0.3, -0.25) is 9.59 Å². The molecule has 0 bridgehead atoms. The van der Waals surface area contributed by atoms with Gasteiger partial charge in [-0.1, -0.05) is 0 Å². The van der Waals surface area contributed by atoms with Crippen molar-refractivity contribution in [3.05, 3.63) is 30.0 Å². The largest absolute Gasteiger partial charge is 0.506 e. The fourth-order valence-electron chi connectivity index (χ4n) is 3.52. The first-order valence-corrected chi connectivity index (χ1v) is 12.6. The van der Waals surface area contributed by atoms with Gasteiger partial charge in [0, 0.05) is 13.8 Å². The Morgan fingerprint density at radius 1 is 0.714 bits per heavy atom. The van der Waals surface area contributed by atoms with E-state index in [0.29, 0.717) is 0 Å². The number of phenolic OH excluding ortho intramolecular Hbond substituents is 4. The minimum Gasteiger partial charge on any atom is -0.506 e. The van der Waals surface area contributed by atoms with E-state index in [0.717, 1.165) is 13.8 Å². The average molecular weight is 740 g/mol. The Morgan fingerprint density at radius 3 is 1.77 bits per heavy atom. The first-order valence-electron chi connectivity index (χ1n) is 9.44. The van der Waals surface area contributed by atoms with E-state index in [1.54, 1.807) is 0 Å². The summed E-state index contributed by atoms with van der Waals surface area (Å²) in [6.07, 6.45) is 0. The fraction of sp³-hybridized carbons (Fsp3) is 0.0909. The molecule has 9 nitrogen and oxygen atoms in total. The summed E-state index contributed by atoms with van der Waals surface area (Å²) in [5, 5.41) is 42.2. The van der Waals surface area contributed by atoms with Gasteiger partial charge in [0.1, 0.15) is 10.2 Å². The number of ether oxygens (including phenoxy) is 2. The van der Waals surface area contributed by atoms with E-state index in [1.165, 1.54) is 12.1 Å². The molecule has 182 valence electrons. The number of phenols is 4. The standard InChI is InChI=1S/C22H12Br4O9/c1-5(27)33-21-10(7-3-8(23)15(29)9(24)4-7)16(30)20-12(22(21)34-6(2)28)11-13(25)17(31)18(32)14(26)19(11)35-20/h3-4,29-32H,1-2H3. The summed E-state index contributed by atoms with van der Waals surface area (Å²) in [6.45, 7) is 2.25. The third-order valence-electron chi connectivity index (χ3n) is 4.88. The second kappa shape index (κ2) is 9.19. The molecule has 4 aromatic rings. The summed E-state index contributed by atoms with van der Waals surface area (Å²) < 4.78 is 17.2. The van der Waals surface area contributed by atoms with Gasteiger partial charge in [-0.25, -0.2) is 0 Å². The predicted octanol–water partition coefficient (Wildman–Crippen LogP) is 6.98. The molecule has 35 heavy (non-hydrogen) atoms. The van der Waals surface area contributed by atoms with Gasteiger partial charge < -0.3 is 34.3 Å². The summed E-state index contributed by atoms with van der Waals surface area (Å²) >= 11 is 12.8. The number of rotatable bonds is 3. The molecule has 1 heterocycles. The van der Waals surface area contributed by atoms with Crippen LogP contribution in [0, 0.1) is 0 Å².